The zero-order chi connectivity index (χ0) is 14.7. The number of aromatic carboxylic acids is 1. The second kappa shape index (κ2) is 5.64. The van der Waals surface area contributed by atoms with Gasteiger partial charge in [-0.3, -0.25) is 0 Å². The van der Waals surface area contributed by atoms with Crippen LogP contribution >= 0.6 is 0 Å². The van der Waals surface area contributed by atoms with Gasteiger partial charge in [-0.05, 0) is 30.3 Å². The molecule has 0 aliphatic rings. The molecule has 0 aliphatic carbocycles. The van der Waals surface area contributed by atoms with Crippen molar-refractivity contribution in [2.45, 2.75) is 6.61 Å². The maximum absolute atomic E-state index is 13.3. The van der Waals surface area contributed by atoms with E-state index in [1.807, 2.05) is 0 Å². The Morgan fingerprint density at radius 2 is 1.70 bits per heavy atom. The molecule has 2 rings (SSSR count). The molecule has 20 heavy (non-hydrogen) atoms. The zero-order valence-corrected chi connectivity index (χ0v) is 10.1. The third kappa shape index (κ3) is 3.09. The van der Waals surface area contributed by atoms with Crippen molar-refractivity contribution in [1.29, 1.82) is 0 Å². The minimum atomic E-state index is -1.26. The number of hydrogen-bond donors (Lipinski definition) is 1. The van der Waals surface area contributed by atoms with Gasteiger partial charge in [-0.1, -0.05) is 0 Å². The van der Waals surface area contributed by atoms with Gasteiger partial charge in [0.15, 0.2) is 11.6 Å². The Labute approximate surface area is 112 Å². The van der Waals surface area contributed by atoms with Crippen LogP contribution in [0.25, 0.3) is 0 Å². The first kappa shape index (κ1) is 13.9. The van der Waals surface area contributed by atoms with Crippen molar-refractivity contribution in [2.24, 2.45) is 0 Å². The summed E-state index contributed by atoms with van der Waals surface area (Å²) in [6, 6.07) is 5.69. The smallest absolute Gasteiger partial charge is 0.336 e. The van der Waals surface area contributed by atoms with Crippen molar-refractivity contribution in [1.82, 2.24) is 0 Å². The Kier molecular flexibility index (Phi) is 3.93. The average molecular weight is 282 g/mol. The van der Waals surface area contributed by atoms with E-state index in [9.17, 15) is 18.0 Å². The molecular formula is C14H9F3O3. The lowest BCUT2D eigenvalue weighted by molar-refractivity contribution is 0.0694. The van der Waals surface area contributed by atoms with E-state index >= 15 is 0 Å². The second-order valence-corrected chi connectivity index (χ2v) is 3.97. The first-order valence-electron chi connectivity index (χ1n) is 5.57. The number of benzene rings is 2. The minimum absolute atomic E-state index is 0.0289. The van der Waals surface area contributed by atoms with E-state index in [-0.39, 0.29) is 23.5 Å². The maximum atomic E-state index is 13.3. The number of ether oxygens (including phenoxy) is 1. The van der Waals surface area contributed by atoms with Crippen molar-refractivity contribution in [3.8, 4) is 5.75 Å². The molecule has 0 spiro atoms. The molecule has 0 amide bonds. The van der Waals surface area contributed by atoms with Crippen molar-refractivity contribution in [3.63, 3.8) is 0 Å². The highest BCUT2D eigenvalue weighted by molar-refractivity contribution is 5.89. The van der Waals surface area contributed by atoms with E-state index in [1.165, 1.54) is 0 Å². The van der Waals surface area contributed by atoms with E-state index in [1.54, 1.807) is 0 Å². The molecular weight excluding hydrogens is 273 g/mol. The van der Waals surface area contributed by atoms with Gasteiger partial charge in [0.25, 0.3) is 0 Å². The molecule has 6 heteroatoms. The number of carboxylic acids is 1. The van der Waals surface area contributed by atoms with E-state index in [2.05, 4.69) is 0 Å². The van der Waals surface area contributed by atoms with E-state index in [0.717, 1.165) is 36.4 Å². The summed E-state index contributed by atoms with van der Waals surface area (Å²) in [4.78, 5) is 11.0. The lowest BCUT2D eigenvalue weighted by Gasteiger charge is -2.09. The summed E-state index contributed by atoms with van der Waals surface area (Å²) in [5, 5.41) is 8.94. The molecule has 2 aromatic carbocycles. The highest BCUT2D eigenvalue weighted by atomic mass is 19.1. The van der Waals surface area contributed by atoms with Gasteiger partial charge in [0, 0.05) is 11.6 Å². The molecule has 0 atom stereocenters. The summed E-state index contributed by atoms with van der Waals surface area (Å²) in [6.07, 6.45) is 0. The van der Waals surface area contributed by atoms with E-state index in [0.29, 0.717) is 0 Å². The maximum Gasteiger partial charge on any atom is 0.336 e. The Balaban J connectivity index is 2.24. The van der Waals surface area contributed by atoms with Crippen molar-refractivity contribution in [3.05, 3.63) is 65.0 Å². The summed E-state index contributed by atoms with van der Waals surface area (Å²) < 4.78 is 44.4. The summed E-state index contributed by atoms with van der Waals surface area (Å²) in [5.74, 6) is -3.76. The van der Waals surface area contributed by atoms with Gasteiger partial charge in [-0.15, -0.1) is 0 Å². The third-order valence-corrected chi connectivity index (χ3v) is 2.57. The Morgan fingerprint density at radius 1 is 1.05 bits per heavy atom. The van der Waals surface area contributed by atoms with Crippen LogP contribution in [0.1, 0.15) is 15.9 Å². The van der Waals surface area contributed by atoms with Gasteiger partial charge in [0.1, 0.15) is 18.2 Å². The second-order valence-electron chi connectivity index (χ2n) is 3.97. The van der Waals surface area contributed by atoms with Crippen molar-refractivity contribution >= 4 is 5.97 Å². The van der Waals surface area contributed by atoms with Crippen LogP contribution in [0.3, 0.4) is 0 Å². The lowest BCUT2D eigenvalue weighted by atomic mass is 10.1. The van der Waals surface area contributed by atoms with Crippen LogP contribution in [0.2, 0.25) is 0 Å². The fourth-order valence-electron chi connectivity index (χ4n) is 1.63. The molecule has 0 bridgehead atoms. The van der Waals surface area contributed by atoms with Crippen LogP contribution in [-0.4, -0.2) is 11.1 Å². The fraction of sp³-hybridized carbons (Fsp3) is 0.0714. The first-order chi connectivity index (χ1) is 9.47. The van der Waals surface area contributed by atoms with Crippen LogP contribution < -0.4 is 4.74 Å². The molecule has 0 aromatic heterocycles. The largest absolute Gasteiger partial charge is 0.486 e. The van der Waals surface area contributed by atoms with Crippen LogP contribution in [-0.2, 0) is 6.61 Å². The van der Waals surface area contributed by atoms with Gasteiger partial charge < -0.3 is 9.84 Å². The summed E-state index contributed by atoms with van der Waals surface area (Å²) >= 11 is 0. The predicted octanol–water partition coefficient (Wildman–Crippen LogP) is 3.38. The normalized spacial score (nSPS) is 10.3. The van der Waals surface area contributed by atoms with Crippen LogP contribution in [0.5, 0.6) is 5.75 Å². The topological polar surface area (TPSA) is 46.5 Å². The minimum Gasteiger partial charge on any atom is -0.486 e. The number of carbonyl (C=O) groups is 1. The third-order valence-electron chi connectivity index (χ3n) is 2.57. The van der Waals surface area contributed by atoms with Crippen molar-refractivity contribution in [2.75, 3.05) is 0 Å². The highest BCUT2D eigenvalue weighted by Gasteiger charge is 2.13. The number of carboxylic acid groups (broad SMARTS) is 1. The van der Waals surface area contributed by atoms with Crippen LogP contribution in [0.15, 0.2) is 36.4 Å². The molecule has 1 N–H and O–H groups in total. The molecule has 104 valence electrons. The Morgan fingerprint density at radius 3 is 2.40 bits per heavy atom. The molecule has 0 saturated carbocycles. The van der Waals surface area contributed by atoms with Gasteiger partial charge in [-0.25, -0.2) is 18.0 Å². The molecule has 0 heterocycles. The zero-order valence-electron chi connectivity index (χ0n) is 10.1. The van der Waals surface area contributed by atoms with Crippen LogP contribution in [0.4, 0.5) is 13.2 Å². The Hall–Kier alpha value is -2.50. The summed E-state index contributed by atoms with van der Waals surface area (Å²) in [5.41, 5.74) is -0.135. The standard InChI is InChI=1S/C14H9F3O3/c15-9-1-3-11(14(18)19)8(5-9)7-20-13-6-10(16)2-4-12(13)17/h1-6H,7H2,(H,18,19). The highest BCUT2D eigenvalue weighted by Crippen LogP contribution is 2.20. The molecule has 0 radical (unpaired) electrons. The van der Waals surface area contributed by atoms with Gasteiger partial charge >= 0.3 is 5.97 Å². The average Bonchev–Trinajstić information content (AvgIpc) is 2.39. The monoisotopic (exact) mass is 282 g/mol. The predicted molar refractivity (Wildman–Crippen MR) is 64.0 cm³/mol. The molecule has 0 saturated heterocycles. The lowest BCUT2D eigenvalue weighted by Crippen LogP contribution is -2.07. The SMILES string of the molecule is O=C(O)c1ccc(F)cc1COc1cc(F)ccc1F. The summed E-state index contributed by atoms with van der Waals surface area (Å²) in [7, 11) is 0. The quantitative estimate of drug-likeness (QED) is 0.935. The molecule has 3 nitrogen and oxygen atoms in total. The molecule has 0 unspecified atom stereocenters. The van der Waals surface area contributed by atoms with Gasteiger partial charge in [0.2, 0.25) is 0 Å². The number of halogens is 3. The van der Waals surface area contributed by atoms with E-state index in [4.69, 9.17) is 9.84 Å². The number of rotatable bonds is 4. The molecule has 0 fully saturated rings. The van der Waals surface area contributed by atoms with Crippen LogP contribution in [0, 0.1) is 17.5 Å². The van der Waals surface area contributed by atoms with E-state index < -0.39 is 23.4 Å². The Bertz CT molecular complexity index is 656. The first-order valence-corrected chi connectivity index (χ1v) is 5.57. The summed E-state index contributed by atoms with van der Waals surface area (Å²) in [6.45, 7) is -0.389. The van der Waals surface area contributed by atoms with Gasteiger partial charge in [-0.2, -0.15) is 0 Å². The van der Waals surface area contributed by atoms with Crippen molar-refractivity contribution < 1.29 is 27.8 Å². The molecule has 0 aliphatic heterocycles. The van der Waals surface area contributed by atoms with Gasteiger partial charge in [0.05, 0.1) is 5.56 Å². The fourth-order valence-corrected chi connectivity index (χ4v) is 1.63. The number of hydrogen-bond acceptors (Lipinski definition) is 2. The molecule has 2 aromatic rings.